The van der Waals surface area contributed by atoms with Crippen molar-refractivity contribution in [3.63, 3.8) is 0 Å². The van der Waals surface area contributed by atoms with Gasteiger partial charge in [-0.25, -0.2) is 18.1 Å². The Balaban J connectivity index is 1.83. The number of ether oxygens (including phenoxy) is 1. The first-order chi connectivity index (χ1) is 16.8. The summed E-state index contributed by atoms with van der Waals surface area (Å²) in [5.74, 6) is -1.16. The molecule has 1 aromatic heterocycles. The van der Waals surface area contributed by atoms with Crippen LogP contribution in [0.15, 0.2) is 48.5 Å². The van der Waals surface area contributed by atoms with Crippen molar-refractivity contribution in [2.24, 2.45) is 0 Å². The summed E-state index contributed by atoms with van der Waals surface area (Å²) < 4.78 is 65.9. The number of halogens is 3. The summed E-state index contributed by atoms with van der Waals surface area (Å²) in [6, 6.07) is 14.5. The van der Waals surface area contributed by atoms with Gasteiger partial charge in [0, 0.05) is 18.0 Å². The van der Waals surface area contributed by atoms with E-state index in [0.29, 0.717) is 35.1 Å². The third kappa shape index (κ3) is 7.96. The molecule has 0 radical (unpaired) electrons. The van der Waals surface area contributed by atoms with Crippen LogP contribution in [0.5, 0.6) is 5.75 Å². The third-order valence-electron chi connectivity index (χ3n) is 4.83. The van der Waals surface area contributed by atoms with Crippen LogP contribution < -0.4 is 14.4 Å². The van der Waals surface area contributed by atoms with E-state index in [4.69, 9.17) is 5.26 Å². The molecule has 0 aliphatic rings. The predicted octanol–water partition coefficient (Wildman–Crippen LogP) is 4.16. The lowest BCUT2D eigenvalue weighted by Gasteiger charge is -2.22. The molecule has 1 amide bonds. The van der Waals surface area contributed by atoms with Gasteiger partial charge in [-0.2, -0.15) is 5.26 Å². The molecule has 36 heavy (non-hydrogen) atoms. The Morgan fingerprint density at radius 3 is 2.31 bits per heavy atom. The molecule has 1 heterocycles. The number of hydrogen-bond acceptors (Lipinski definition) is 8. The third-order valence-corrected chi connectivity index (χ3v) is 6.42. The highest BCUT2D eigenvalue weighted by Gasteiger charge is 2.31. The van der Waals surface area contributed by atoms with Crippen LogP contribution in [0, 0.1) is 18.3 Å². The normalized spacial score (nSPS) is 11.6. The molecule has 3 aromatic rings. The van der Waals surface area contributed by atoms with Crippen LogP contribution in [-0.4, -0.2) is 38.5 Å². The fourth-order valence-electron chi connectivity index (χ4n) is 3.21. The van der Waals surface area contributed by atoms with Crippen molar-refractivity contribution in [3.8, 4) is 11.8 Å². The minimum absolute atomic E-state index is 0.0149. The maximum atomic E-state index is 12.4. The number of nitrogens with one attached hydrogen (secondary N) is 1. The monoisotopic (exact) mass is 538 g/mol. The van der Waals surface area contributed by atoms with Crippen molar-refractivity contribution < 1.29 is 31.1 Å². The van der Waals surface area contributed by atoms with Crippen LogP contribution in [0.4, 0.5) is 18.3 Å². The van der Waals surface area contributed by atoms with E-state index in [1.54, 1.807) is 31.2 Å². The fourth-order valence-corrected chi connectivity index (χ4v) is 4.58. The first kappa shape index (κ1) is 27.0. The standard InChI is InChI=1S/C23H21F3N4O4S2/c1-15-20(21(31)29-36(2,32)33)28-22(35-15)30(14-18-5-3-17(13-27)4-6-18)12-11-16-7-9-19(10-8-16)34-23(24,25)26/h3-10H,11-12,14H2,1-2H3,(H,29,31). The summed E-state index contributed by atoms with van der Waals surface area (Å²) in [6.07, 6.45) is -3.47. The Hall–Kier alpha value is -3.63. The lowest BCUT2D eigenvalue weighted by Crippen LogP contribution is -2.30. The summed E-state index contributed by atoms with van der Waals surface area (Å²) in [7, 11) is -3.77. The molecule has 0 spiro atoms. The van der Waals surface area contributed by atoms with Gasteiger partial charge in [-0.05, 0) is 48.7 Å². The van der Waals surface area contributed by atoms with Gasteiger partial charge in [0.1, 0.15) is 11.4 Å². The quantitative estimate of drug-likeness (QED) is 0.435. The van der Waals surface area contributed by atoms with E-state index in [1.165, 1.54) is 35.6 Å². The number of hydrogen-bond donors (Lipinski definition) is 1. The van der Waals surface area contributed by atoms with Gasteiger partial charge in [0.05, 0.1) is 17.9 Å². The number of benzene rings is 2. The second kappa shape index (κ2) is 11.0. The van der Waals surface area contributed by atoms with Gasteiger partial charge in [-0.3, -0.25) is 4.79 Å². The van der Waals surface area contributed by atoms with Crippen LogP contribution >= 0.6 is 11.3 Å². The lowest BCUT2D eigenvalue weighted by atomic mass is 10.1. The molecule has 0 unspecified atom stereocenters. The van der Waals surface area contributed by atoms with Gasteiger partial charge in [0.25, 0.3) is 5.91 Å². The van der Waals surface area contributed by atoms with E-state index in [1.807, 2.05) is 15.7 Å². The first-order valence-corrected chi connectivity index (χ1v) is 13.1. The molecule has 0 saturated carbocycles. The smallest absolute Gasteiger partial charge is 0.406 e. The number of sulfonamides is 1. The summed E-state index contributed by atoms with van der Waals surface area (Å²) >= 11 is 1.21. The molecule has 0 aliphatic carbocycles. The largest absolute Gasteiger partial charge is 0.573 e. The van der Waals surface area contributed by atoms with E-state index in [9.17, 15) is 26.4 Å². The second-order valence-electron chi connectivity index (χ2n) is 7.78. The maximum absolute atomic E-state index is 12.4. The molecule has 0 aliphatic heterocycles. The highest BCUT2D eigenvalue weighted by Crippen LogP contribution is 2.28. The number of aryl methyl sites for hydroxylation is 1. The van der Waals surface area contributed by atoms with E-state index < -0.39 is 22.3 Å². The highest BCUT2D eigenvalue weighted by molar-refractivity contribution is 7.89. The summed E-state index contributed by atoms with van der Waals surface area (Å²) in [5.41, 5.74) is 2.09. The number of alkyl halides is 3. The molecule has 0 saturated heterocycles. The molecule has 0 atom stereocenters. The molecule has 0 bridgehead atoms. The number of nitriles is 1. The predicted molar refractivity (Wildman–Crippen MR) is 128 cm³/mol. The van der Waals surface area contributed by atoms with E-state index in [-0.39, 0.29) is 11.4 Å². The SMILES string of the molecule is Cc1sc(N(CCc2ccc(OC(F)(F)F)cc2)Cc2ccc(C#N)cc2)nc1C(=O)NS(C)(=O)=O. The Morgan fingerprint density at radius 2 is 1.75 bits per heavy atom. The minimum atomic E-state index is -4.77. The molecule has 2 aromatic carbocycles. The molecule has 3 rings (SSSR count). The Morgan fingerprint density at radius 1 is 1.14 bits per heavy atom. The molecule has 1 N–H and O–H groups in total. The van der Waals surface area contributed by atoms with Crippen molar-refractivity contribution in [2.45, 2.75) is 26.3 Å². The summed E-state index contributed by atoms with van der Waals surface area (Å²) in [6.45, 7) is 2.40. The molecular weight excluding hydrogens is 517 g/mol. The zero-order valence-corrected chi connectivity index (χ0v) is 20.8. The van der Waals surface area contributed by atoms with E-state index >= 15 is 0 Å². The second-order valence-corrected chi connectivity index (χ2v) is 10.7. The molecular formula is C23H21F3N4O4S2. The first-order valence-electron chi connectivity index (χ1n) is 10.4. The number of anilines is 1. The van der Waals surface area contributed by atoms with Crippen LogP contribution in [0.2, 0.25) is 0 Å². The zero-order valence-electron chi connectivity index (χ0n) is 19.2. The van der Waals surface area contributed by atoms with Gasteiger partial charge in [-0.1, -0.05) is 24.3 Å². The average Bonchev–Trinajstić information content (AvgIpc) is 3.17. The van der Waals surface area contributed by atoms with Crippen molar-refractivity contribution in [3.05, 3.63) is 75.8 Å². The van der Waals surface area contributed by atoms with E-state index in [2.05, 4.69) is 9.72 Å². The molecule has 13 heteroatoms. The Bertz CT molecular complexity index is 1360. The summed E-state index contributed by atoms with van der Waals surface area (Å²) in [4.78, 5) is 19.1. The number of thiazole rings is 1. The fraction of sp³-hybridized carbons (Fsp3) is 0.261. The number of carbonyl (C=O) groups excluding carboxylic acids is 1. The van der Waals surface area contributed by atoms with Gasteiger partial charge in [-0.15, -0.1) is 24.5 Å². The van der Waals surface area contributed by atoms with Gasteiger partial charge >= 0.3 is 6.36 Å². The lowest BCUT2D eigenvalue weighted by molar-refractivity contribution is -0.274. The van der Waals surface area contributed by atoms with Crippen molar-refractivity contribution in [2.75, 3.05) is 17.7 Å². The van der Waals surface area contributed by atoms with Gasteiger partial charge in [0.2, 0.25) is 10.0 Å². The topological polar surface area (TPSA) is 112 Å². The van der Waals surface area contributed by atoms with Crippen molar-refractivity contribution >= 4 is 32.4 Å². The van der Waals surface area contributed by atoms with Crippen LogP contribution in [0.1, 0.15) is 32.1 Å². The maximum Gasteiger partial charge on any atom is 0.573 e. The van der Waals surface area contributed by atoms with Crippen molar-refractivity contribution in [1.82, 2.24) is 9.71 Å². The molecule has 0 fully saturated rings. The van der Waals surface area contributed by atoms with Crippen LogP contribution in [-0.2, 0) is 23.0 Å². The number of carbonyl (C=O) groups is 1. The number of amides is 1. The zero-order chi connectivity index (χ0) is 26.5. The molecule has 190 valence electrons. The minimum Gasteiger partial charge on any atom is -0.406 e. The Labute approximate surface area is 210 Å². The number of nitrogens with zero attached hydrogens (tertiary/aromatic N) is 3. The highest BCUT2D eigenvalue weighted by atomic mass is 32.2. The van der Waals surface area contributed by atoms with Crippen molar-refractivity contribution in [1.29, 1.82) is 5.26 Å². The van der Waals surface area contributed by atoms with Crippen LogP contribution in [0.25, 0.3) is 0 Å². The summed E-state index contributed by atoms with van der Waals surface area (Å²) in [5, 5.41) is 9.49. The number of aromatic nitrogens is 1. The average molecular weight is 539 g/mol. The van der Waals surface area contributed by atoms with Gasteiger partial charge < -0.3 is 9.64 Å². The molecule has 8 nitrogen and oxygen atoms in total. The van der Waals surface area contributed by atoms with Crippen LogP contribution in [0.3, 0.4) is 0 Å². The van der Waals surface area contributed by atoms with Gasteiger partial charge in [0.15, 0.2) is 5.13 Å². The van der Waals surface area contributed by atoms with E-state index in [0.717, 1.165) is 17.4 Å². The Kier molecular flexibility index (Phi) is 8.21. The number of rotatable bonds is 9.